The van der Waals surface area contributed by atoms with Crippen molar-refractivity contribution >= 4 is 5.71 Å². The van der Waals surface area contributed by atoms with Crippen molar-refractivity contribution < 1.29 is 4.58 Å². The number of nitrogens with two attached hydrogens (primary N) is 1. The van der Waals surface area contributed by atoms with Crippen LogP contribution in [0.3, 0.4) is 0 Å². The Labute approximate surface area is 94.2 Å². The van der Waals surface area contributed by atoms with E-state index in [1.807, 2.05) is 26.0 Å². The summed E-state index contributed by atoms with van der Waals surface area (Å²) < 4.78 is 2.34. The molecule has 0 amide bonds. The van der Waals surface area contributed by atoms with Crippen LogP contribution in [0, 0.1) is 5.92 Å². The maximum absolute atomic E-state index is 5.36. The van der Waals surface area contributed by atoms with Crippen LogP contribution in [0.4, 0.5) is 0 Å². The lowest BCUT2D eigenvalue weighted by Gasteiger charge is -2.17. The predicted octanol–water partition coefficient (Wildman–Crippen LogP) is 2.55. The molecule has 86 valence electrons. The molecule has 1 fully saturated rings. The number of rotatable bonds is 2. The van der Waals surface area contributed by atoms with Gasteiger partial charge in [-0.1, -0.05) is 27.4 Å². The highest BCUT2D eigenvalue weighted by Crippen LogP contribution is 2.13. The molecule has 0 unspecified atom stereocenters. The van der Waals surface area contributed by atoms with Gasteiger partial charge in [-0.25, -0.2) is 4.58 Å². The lowest BCUT2D eigenvalue weighted by atomic mass is 10.00. The lowest BCUT2D eigenvalue weighted by Crippen LogP contribution is -2.28. The van der Waals surface area contributed by atoms with Crippen molar-refractivity contribution in [2.24, 2.45) is 11.7 Å². The van der Waals surface area contributed by atoms with Crippen LogP contribution >= 0.6 is 0 Å². The summed E-state index contributed by atoms with van der Waals surface area (Å²) in [5.41, 5.74) is 6.51. The maximum Gasteiger partial charge on any atom is 0.200 e. The Morgan fingerprint density at radius 1 is 1.33 bits per heavy atom. The van der Waals surface area contributed by atoms with E-state index >= 15 is 0 Å². The molecule has 0 saturated carbocycles. The minimum Gasteiger partial charge on any atom is -0.404 e. The van der Waals surface area contributed by atoms with Gasteiger partial charge in [0.05, 0.1) is 0 Å². The molecule has 2 heteroatoms. The lowest BCUT2D eigenvalue weighted by molar-refractivity contribution is -0.539. The van der Waals surface area contributed by atoms with Crippen LogP contribution in [0.15, 0.2) is 24.9 Å². The molecule has 0 aliphatic carbocycles. The van der Waals surface area contributed by atoms with Crippen molar-refractivity contribution in [1.29, 1.82) is 0 Å². The average molecular weight is 209 g/mol. The van der Waals surface area contributed by atoms with Crippen LogP contribution in [0.5, 0.6) is 0 Å². The zero-order valence-electron chi connectivity index (χ0n) is 10.4. The van der Waals surface area contributed by atoms with Gasteiger partial charge in [0.15, 0.2) is 0 Å². The molecule has 1 heterocycles. The van der Waals surface area contributed by atoms with E-state index < -0.39 is 0 Å². The SMILES string of the molecule is C=CC(/C=C\N)=[N+]1CCC(C)CC1.CC. The second kappa shape index (κ2) is 8.27. The zero-order chi connectivity index (χ0) is 11.7. The molecule has 0 aromatic carbocycles. The van der Waals surface area contributed by atoms with Gasteiger partial charge in [-0.3, -0.25) is 0 Å². The van der Waals surface area contributed by atoms with Crippen LogP contribution in [0.25, 0.3) is 0 Å². The summed E-state index contributed by atoms with van der Waals surface area (Å²) in [5, 5.41) is 0. The fraction of sp³-hybridized carbons (Fsp3) is 0.615. The molecule has 0 bridgehead atoms. The molecule has 0 atom stereocenters. The third-order valence-electron chi connectivity index (χ3n) is 2.62. The van der Waals surface area contributed by atoms with Crippen molar-refractivity contribution in [3.8, 4) is 0 Å². The Morgan fingerprint density at radius 3 is 2.27 bits per heavy atom. The molecule has 1 aliphatic heterocycles. The highest BCUT2D eigenvalue weighted by molar-refractivity contribution is 5.99. The molecule has 1 rings (SSSR count). The van der Waals surface area contributed by atoms with E-state index in [0.29, 0.717) is 0 Å². The Bertz CT molecular complexity index is 229. The summed E-state index contributed by atoms with van der Waals surface area (Å²) in [6, 6.07) is 0. The Hall–Kier alpha value is -1.05. The standard InChI is InChI=1S/C11H18N2.C2H6/c1-3-11(4-7-12)13-8-5-10(2)6-9-13;1-2/h3-4,7,10,12H,1,5-6,8-9H2,2H3;1-2H3/p+1. The van der Waals surface area contributed by atoms with Crippen molar-refractivity contribution in [2.75, 3.05) is 13.1 Å². The van der Waals surface area contributed by atoms with E-state index in [9.17, 15) is 0 Å². The van der Waals surface area contributed by atoms with E-state index in [-0.39, 0.29) is 0 Å². The first-order valence-corrected chi connectivity index (χ1v) is 5.90. The van der Waals surface area contributed by atoms with Gasteiger partial charge in [-0.2, -0.15) is 0 Å². The minimum atomic E-state index is 0.865. The largest absolute Gasteiger partial charge is 0.404 e. The van der Waals surface area contributed by atoms with Gasteiger partial charge >= 0.3 is 0 Å². The van der Waals surface area contributed by atoms with Gasteiger partial charge < -0.3 is 5.73 Å². The summed E-state index contributed by atoms with van der Waals surface area (Å²) in [6.45, 7) is 12.4. The topological polar surface area (TPSA) is 29.0 Å². The van der Waals surface area contributed by atoms with Crippen molar-refractivity contribution in [2.45, 2.75) is 33.6 Å². The highest BCUT2D eigenvalue weighted by Gasteiger charge is 2.18. The molecule has 0 radical (unpaired) electrons. The van der Waals surface area contributed by atoms with Crippen molar-refractivity contribution in [1.82, 2.24) is 0 Å². The van der Waals surface area contributed by atoms with Gasteiger partial charge in [0, 0.05) is 31.2 Å². The molecule has 0 aromatic rings. The summed E-state index contributed by atoms with van der Waals surface area (Å²) in [5.74, 6) is 0.865. The highest BCUT2D eigenvalue weighted by atomic mass is 15.0. The normalized spacial score (nSPS) is 20.7. The molecule has 1 aliphatic rings. The third kappa shape index (κ3) is 4.82. The fourth-order valence-electron chi connectivity index (χ4n) is 1.67. The Kier molecular flexibility index (Phi) is 7.69. The van der Waals surface area contributed by atoms with E-state index in [2.05, 4.69) is 18.1 Å². The van der Waals surface area contributed by atoms with Gasteiger partial charge in [0.2, 0.25) is 5.71 Å². The fourth-order valence-corrected chi connectivity index (χ4v) is 1.67. The Morgan fingerprint density at radius 2 is 1.87 bits per heavy atom. The van der Waals surface area contributed by atoms with Gasteiger partial charge in [-0.05, 0) is 5.92 Å². The molecular weight excluding hydrogens is 184 g/mol. The molecule has 0 aromatic heterocycles. The molecule has 1 saturated heterocycles. The first kappa shape index (κ1) is 13.9. The molecular formula is C13H25N2+. The first-order chi connectivity index (χ1) is 7.27. The van der Waals surface area contributed by atoms with E-state index in [1.165, 1.54) is 12.8 Å². The molecule has 2 N–H and O–H groups in total. The van der Waals surface area contributed by atoms with E-state index in [0.717, 1.165) is 24.7 Å². The van der Waals surface area contributed by atoms with Crippen molar-refractivity contribution in [3.05, 3.63) is 24.9 Å². The average Bonchev–Trinajstić information content (AvgIpc) is 2.30. The monoisotopic (exact) mass is 209 g/mol. The van der Waals surface area contributed by atoms with Crippen LogP contribution in [-0.4, -0.2) is 23.4 Å². The van der Waals surface area contributed by atoms with Crippen LogP contribution in [0.1, 0.15) is 33.6 Å². The van der Waals surface area contributed by atoms with Crippen LogP contribution in [0.2, 0.25) is 0 Å². The number of piperidine rings is 1. The number of nitrogens with zero attached hydrogens (tertiary/aromatic N) is 1. The predicted molar refractivity (Wildman–Crippen MR) is 68.3 cm³/mol. The zero-order valence-corrected chi connectivity index (χ0v) is 10.4. The summed E-state index contributed by atoms with van der Waals surface area (Å²) >= 11 is 0. The smallest absolute Gasteiger partial charge is 0.200 e. The van der Waals surface area contributed by atoms with E-state index in [4.69, 9.17) is 5.73 Å². The minimum absolute atomic E-state index is 0.865. The van der Waals surface area contributed by atoms with Gasteiger partial charge in [0.1, 0.15) is 13.1 Å². The third-order valence-corrected chi connectivity index (χ3v) is 2.62. The molecule has 15 heavy (non-hydrogen) atoms. The quantitative estimate of drug-likeness (QED) is 0.696. The van der Waals surface area contributed by atoms with Crippen molar-refractivity contribution in [3.63, 3.8) is 0 Å². The van der Waals surface area contributed by atoms with Crippen LogP contribution in [-0.2, 0) is 0 Å². The summed E-state index contributed by atoms with van der Waals surface area (Å²) in [4.78, 5) is 0. The van der Waals surface area contributed by atoms with Crippen LogP contribution < -0.4 is 5.73 Å². The summed E-state index contributed by atoms with van der Waals surface area (Å²) in [6.07, 6.45) is 7.92. The summed E-state index contributed by atoms with van der Waals surface area (Å²) in [7, 11) is 0. The molecule has 2 nitrogen and oxygen atoms in total. The van der Waals surface area contributed by atoms with Gasteiger partial charge in [0.25, 0.3) is 0 Å². The number of allylic oxidation sites excluding steroid dienone is 2. The second-order valence-electron chi connectivity index (χ2n) is 3.66. The molecule has 0 spiro atoms. The number of hydrogen-bond donors (Lipinski definition) is 1. The first-order valence-electron chi connectivity index (χ1n) is 5.90. The number of hydrogen-bond acceptors (Lipinski definition) is 1. The maximum atomic E-state index is 5.36. The van der Waals surface area contributed by atoms with E-state index in [1.54, 1.807) is 6.20 Å². The van der Waals surface area contributed by atoms with Gasteiger partial charge in [-0.15, -0.1) is 0 Å². The Balaban J connectivity index is 0.000000921. The second-order valence-corrected chi connectivity index (χ2v) is 3.66.